The van der Waals surface area contributed by atoms with E-state index in [1.165, 1.54) is 0 Å². The van der Waals surface area contributed by atoms with Crippen molar-refractivity contribution in [2.75, 3.05) is 45.8 Å². The van der Waals surface area contributed by atoms with E-state index < -0.39 is 10.2 Å². The Kier molecular flexibility index (Phi) is 6.86. The lowest BCUT2D eigenvalue weighted by Gasteiger charge is -2.26. The second kappa shape index (κ2) is 9.14. The van der Waals surface area contributed by atoms with E-state index in [0.29, 0.717) is 39.3 Å². The second-order valence-corrected chi connectivity index (χ2v) is 9.27. The van der Waals surface area contributed by atoms with Gasteiger partial charge in [0.2, 0.25) is 5.91 Å². The van der Waals surface area contributed by atoms with Crippen molar-refractivity contribution < 1.29 is 13.2 Å². The van der Waals surface area contributed by atoms with Crippen LogP contribution in [0.5, 0.6) is 0 Å². The van der Waals surface area contributed by atoms with Crippen LogP contribution in [0.4, 0.5) is 0 Å². The number of hydrogen-bond acceptors (Lipinski definition) is 4. The normalized spacial score (nSPS) is 21.7. The van der Waals surface area contributed by atoms with E-state index in [0.717, 1.165) is 31.4 Å². The molecule has 0 aromatic heterocycles. The molecule has 0 aliphatic carbocycles. The van der Waals surface area contributed by atoms with Gasteiger partial charge in [0.05, 0.1) is 12.6 Å². The van der Waals surface area contributed by atoms with Gasteiger partial charge in [0.15, 0.2) is 0 Å². The Hall–Kier alpha value is -1.48. The molecule has 0 saturated carbocycles. The number of benzene rings is 1. The minimum Gasteiger partial charge on any atom is -0.348 e. The van der Waals surface area contributed by atoms with Crippen molar-refractivity contribution in [2.24, 2.45) is 0 Å². The minimum absolute atomic E-state index is 0.0257. The smallest absolute Gasteiger partial charge is 0.282 e. The Morgan fingerprint density at radius 2 is 1.59 bits per heavy atom. The molecule has 150 valence electrons. The third kappa shape index (κ3) is 5.28. The van der Waals surface area contributed by atoms with Gasteiger partial charge in [-0.05, 0) is 38.3 Å². The molecule has 1 N–H and O–H groups in total. The topological polar surface area (TPSA) is 73.0 Å². The fraction of sp³-hybridized carbons (Fsp3) is 0.632. The second-order valence-electron chi connectivity index (χ2n) is 7.34. The number of amides is 1. The van der Waals surface area contributed by atoms with Gasteiger partial charge >= 0.3 is 0 Å². The highest BCUT2D eigenvalue weighted by Crippen LogP contribution is 2.18. The van der Waals surface area contributed by atoms with Crippen LogP contribution in [0, 0.1) is 0 Å². The third-order valence-electron chi connectivity index (χ3n) is 5.31. The molecule has 1 aromatic carbocycles. The number of carbonyl (C=O) groups is 1. The van der Waals surface area contributed by atoms with Gasteiger partial charge in [0, 0.05) is 32.7 Å². The predicted molar refractivity (Wildman–Crippen MR) is 105 cm³/mol. The van der Waals surface area contributed by atoms with Gasteiger partial charge in [-0.15, -0.1) is 0 Å². The van der Waals surface area contributed by atoms with Crippen LogP contribution in [0.2, 0.25) is 0 Å². The highest BCUT2D eigenvalue weighted by atomic mass is 32.2. The van der Waals surface area contributed by atoms with Crippen LogP contribution >= 0.6 is 0 Å². The van der Waals surface area contributed by atoms with Crippen molar-refractivity contribution in [3.63, 3.8) is 0 Å². The first-order chi connectivity index (χ1) is 13.0. The summed E-state index contributed by atoms with van der Waals surface area (Å²) >= 11 is 0. The molecule has 27 heavy (non-hydrogen) atoms. The first-order valence-corrected chi connectivity index (χ1v) is 11.2. The van der Waals surface area contributed by atoms with Crippen molar-refractivity contribution in [3.05, 3.63) is 35.9 Å². The summed E-state index contributed by atoms with van der Waals surface area (Å²) in [4.78, 5) is 14.5. The molecular weight excluding hydrogens is 364 g/mol. The fourth-order valence-corrected chi connectivity index (χ4v) is 5.45. The summed E-state index contributed by atoms with van der Waals surface area (Å²) < 4.78 is 28.6. The zero-order chi connectivity index (χ0) is 19.3. The molecule has 1 unspecified atom stereocenters. The Labute approximate surface area is 162 Å². The van der Waals surface area contributed by atoms with Crippen molar-refractivity contribution >= 4 is 16.1 Å². The summed E-state index contributed by atoms with van der Waals surface area (Å²) in [5.74, 6) is -0.0257. The van der Waals surface area contributed by atoms with Gasteiger partial charge in [-0.2, -0.15) is 17.0 Å². The SMILES string of the molecule is CC(NC(=O)CN1CCCN(S(=O)(=O)N2CCCC2)CC1)c1ccccc1. The molecule has 8 heteroatoms. The number of nitrogens with zero attached hydrogens (tertiary/aromatic N) is 3. The van der Waals surface area contributed by atoms with E-state index in [1.54, 1.807) is 8.61 Å². The average molecular weight is 395 g/mol. The number of nitrogens with one attached hydrogen (secondary N) is 1. The van der Waals surface area contributed by atoms with Crippen LogP contribution < -0.4 is 5.32 Å². The summed E-state index contributed by atoms with van der Waals surface area (Å²) in [6, 6.07) is 9.83. The first-order valence-electron chi connectivity index (χ1n) is 9.79. The Morgan fingerprint density at radius 3 is 2.30 bits per heavy atom. The quantitative estimate of drug-likeness (QED) is 0.787. The maximum atomic E-state index is 12.7. The molecule has 3 rings (SSSR count). The molecule has 1 amide bonds. The Bertz CT molecular complexity index is 720. The van der Waals surface area contributed by atoms with E-state index in [1.807, 2.05) is 42.2 Å². The van der Waals surface area contributed by atoms with E-state index in [9.17, 15) is 13.2 Å². The molecule has 2 aliphatic rings. The Morgan fingerprint density at radius 1 is 0.963 bits per heavy atom. The molecule has 7 nitrogen and oxygen atoms in total. The van der Waals surface area contributed by atoms with Crippen LogP contribution in [0.3, 0.4) is 0 Å². The van der Waals surface area contributed by atoms with Crippen molar-refractivity contribution in [2.45, 2.75) is 32.2 Å². The zero-order valence-corrected chi connectivity index (χ0v) is 16.8. The van der Waals surface area contributed by atoms with Gasteiger partial charge in [-0.25, -0.2) is 0 Å². The first kappa shape index (κ1) is 20.3. The third-order valence-corrected chi connectivity index (χ3v) is 7.34. The highest BCUT2D eigenvalue weighted by Gasteiger charge is 2.32. The van der Waals surface area contributed by atoms with Crippen LogP contribution in [-0.2, 0) is 15.0 Å². The summed E-state index contributed by atoms with van der Waals surface area (Å²) in [5.41, 5.74) is 1.07. The molecule has 1 atom stereocenters. The van der Waals surface area contributed by atoms with Gasteiger partial charge in [0.1, 0.15) is 0 Å². The van der Waals surface area contributed by atoms with Crippen molar-refractivity contribution in [3.8, 4) is 0 Å². The van der Waals surface area contributed by atoms with Crippen LogP contribution in [0.15, 0.2) is 30.3 Å². The number of hydrogen-bond donors (Lipinski definition) is 1. The number of rotatable bonds is 6. The van der Waals surface area contributed by atoms with Gasteiger partial charge < -0.3 is 5.32 Å². The highest BCUT2D eigenvalue weighted by molar-refractivity contribution is 7.86. The molecule has 0 bridgehead atoms. The molecule has 2 fully saturated rings. The Balaban J connectivity index is 1.50. The van der Waals surface area contributed by atoms with Gasteiger partial charge in [-0.3, -0.25) is 9.69 Å². The summed E-state index contributed by atoms with van der Waals surface area (Å²) in [5, 5.41) is 3.03. The monoisotopic (exact) mass is 394 g/mol. The fourth-order valence-electron chi connectivity index (χ4n) is 3.73. The maximum Gasteiger partial charge on any atom is 0.282 e. The lowest BCUT2D eigenvalue weighted by Crippen LogP contribution is -2.44. The maximum absolute atomic E-state index is 12.7. The molecule has 0 radical (unpaired) electrons. The summed E-state index contributed by atoms with van der Waals surface area (Å²) in [6.07, 6.45) is 2.63. The van der Waals surface area contributed by atoms with E-state index in [4.69, 9.17) is 0 Å². The zero-order valence-electron chi connectivity index (χ0n) is 16.0. The summed E-state index contributed by atoms with van der Waals surface area (Å²) in [6.45, 7) is 5.82. The van der Waals surface area contributed by atoms with Crippen LogP contribution in [0.25, 0.3) is 0 Å². The molecule has 1 aromatic rings. The largest absolute Gasteiger partial charge is 0.348 e. The van der Waals surface area contributed by atoms with Crippen molar-refractivity contribution in [1.82, 2.24) is 18.8 Å². The van der Waals surface area contributed by atoms with E-state index >= 15 is 0 Å². The van der Waals surface area contributed by atoms with Gasteiger partial charge in [-0.1, -0.05) is 30.3 Å². The molecule has 2 heterocycles. The van der Waals surface area contributed by atoms with E-state index in [2.05, 4.69) is 5.32 Å². The molecular formula is C19H30N4O3S. The predicted octanol–water partition coefficient (Wildman–Crippen LogP) is 1.21. The molecule has 2 aliphatic heterocycles. The summed E-state index contributed by atoms with van der Waals surface area (Å²) in [7, 11) is -3.35. The van der Waals surface area contributed by atoms with E-state index in [-0.39, 0.29) is 11.9 Å². The lowest BCUT2D eigenvalue weighted by atomic mass is 10.1. The standard InChI is InChI=1S/C19H30N4O3S/c1-17(18-8-3-2-4-9-18)20-19(24)16-21-10-7-13-23(15-14-21)27(25,26)22-11-5-6-12-22/h2-4,8-9,17H,5-7,10-16H2,1H3,(H,20,24). The van der Waals surface area contributed by atoms with Crippen molar-refractivity contribution in [1.29, 1.82) is 0 Å². The molecule has 2 saturated heterocycles. The lowest BCUT2D eigenvalue weighted by molar-refractivity contribution is -0.122. The minimum atomic E-state index is -3.35. The van der Waals surface area contributed by atoms with Gasteiger partial charge in [0.25, 0.3) is 10.2 Å². The van der Waals surface area contributed by atoms with Crippen LogP contribution in [-0.4, -0.2) is 73.6 Å². The average Bonchev–Trinajstić information content (AvgIpc) is 3.10. The molecule has 0 spiro atoms. The number of carbonyl (C=O) groups excluding carboxylic acids is 1. The van der Waals surface area contributed by atoms with Crippen LogP contribution in [0.1, 0.15) is 37.8 Å².